The molecule has 1 amide bonds. The molecule has 0 radical (unpaired) electrons. The highest BCUT2D eigenvalue weighted by Crippen LogP contribution is 2.26. The predicted molar refractivity (Wildman–Crippen MR) is 80.9 cm³/mol. The van der Waals surface area contributed by atoms with Gasteiger partial charge in [0, 0.05) is 11.8 Å². The van der Waals surface area contributed by atoms with Gasteiger partial charge in [0.25, 0.3) is 5.91 Å². The quantitative estimate of drug-likeness (QED) is 0.755. The Morgan fingerprint density at radius 3 is 2.62 bits per heavy atom. The van der Waals surface area contributed by atoms with Gasteiger partial charge in [-0.3, -0.25) is 4.79 Å². The van der Waals surface area contributed by atoms with Gasteiger partial charge in [-0.15, -0.1) is 0 Å². The standard InChI is InChI=1S/C16H24N2O2.ClH/c1-18(2,14-8-4-5-9-14)12-16(19)17-13-7-6-10-15(11-13)20-3;/h6-7,10-11,14H,4-5,8-9,12H2,1-3H3;1H. The average molecular weight is 313 g/mol. The monoisotopic (exact) mass is 312 g/mol. The van der Waals surface area contributed by atoms with Crippen molar-refractivity contribution in [3.8, 4) is 5.75 Å². The topological polar surface area (TPSA) is 38.3 Å². The molecule has 0 saturated heterocycles. The molecule has 0 aliphatic heterocycles. The Labute approximate surface area is 133 Å². The van der Waals surface area contributed by atoms with Crippen LogP contribution in [-0.2, 0) is 4.79 Å². The summed E-state index contributed by atoms with van der Waals surface area (Å²) in [7, 11) is 5.93. The summed E-state index contributed by atoms with van der Waals surface area (Å²) in [6.07, 6.45) is 5.06. The fraction of sp³-hybridized carbons (Fsp3) is 0.562. The van der Waals surface area contributed by atoms with E-state index in [1.807, 2.05) is 24.3 Å². The number of hydrogen-bond donors (Lipinski definition) is 1. The zero-order valence-corrected chi connectivity index (χ0v) is 13.8. The molecule has 0 unspecified atom stereocenters. The average Bonchev–Trinajstić information content (AvgIpc) is 2.92. The number of methoxy groups -OCH3 is 1. The smallest absolute Gasteiger partial charge is 0.279 e. The third-order valence-corrected chi connectivity index (χ3v) is 4.22. The van der Waals surface area contributed by atoms with Crippen LogP contribution >= 0.6 is 0 Å². The molecule has 21 heavy (non-hydrogen) atoms. The number of hydrogen-bond acceptors (Lipinski definition) is 2. The molecule has 0 atom stereocenters. The number of rotatable bonds is 5. The third kappa shape index (κ3) is 4.90. The van der Waals surface area contributed by atoms with Crippen molar-refractivity contribution in [1.29, 1.82) is 0 Å². The zero-order valence-electron chi connectivity index (χ0n) is 13.1. The van der Waals surface area contributed by atoms with E-state index in [2.05, 4.69) is 19.4 Å². The van der Waals surface area contributed by atoms with Crippen LogP contribution in [0.15, 0.2) is 24.3 Å². The molecule has 1 N–H and O–H groups in total. The van der Waals surface area contributed by atoms with Crippen LogP contribution in [0, 0.1) is 0 Å². The number of anilines is 1. The second-order valence-electron chi connectivity index (χ2n) is 6.16. The minimum absolute atomic E-state index is 0. The van der Waals surface area contributed by atoms with E-state index in [-0.39, 0.29) is 18.3 Å². The largest absolute Gasteiger partial charge is 1.00 e. The maximum Gasteiger partial charge on any atom is 0.279 e. The lowest BCUT2D eigenvalue weighted by Gasteiger charge is -2.35. The number of nitrogens with one attached hydrogen (secondary N) is 1. The van der Waals surface area contributed by atoms with Gasteiger partial charge in [-0.25, -0.2) is 0 Å². The SMILES string of the molecule is COc1cccc(NC(=O)C[N+](C)(C)C2CCCC2)c1.[Cl-]. The van der Waals surface area contributed by atoms with Crippen molar-refractivity contribution in [1.82, 2.24) is 0 Å². The van der Waals surface area contributed by atoms with Gasteiger partial charge in [0.15, 0.2) is 6.54 Å². The molecule has 118 valence electrons. The Morgan fingerprint density at radius 1 is 1.33 bits per heavy atom. The van der Waals surface area contributed by atoms with Gasteiger partial charge in [0.1, 0.15) is 5.75 Å². The summed E-state index contributed by atoms with van der Waals surface area (Å²) in [5, 5.41) is 2.96. The first-order chi connectivity index (χ1) is 9.51. The number of benzene rings is 1. The van der Waals surface area contributed by atoms with Crippen molar-refractivity contribution in [2.45, 2.75) is 31.7 Å². The molecule has 1 saturated carbocycles. The lowest BCUT2D eigenvalue weighted by Crippen LogP contribution is -3.00. The molecule has 0 heterocycles. The van der Waals surface area contributed by atoms with Crippen molar-refractivity contribution in [3.63, 3.8) is 0 Å². The first-order valence-electron chi connectivity index (χ1n) is 7.28. The minimum atomic E-state index is 0. The van der Waals surface area contributed by atoms with Gasteiger partial charge in [-0.2, -0.15) is 0 Å². The molecule has 1 fully saturated rings. The highest BCUT2D eigenvalue weighted by Gasteiger charge is 2.32. The number of carbonyl (C=O) groups excluding carboxylic acids is 1. The van der Waals surface area contributed by atoms with Crippen molar-refractivity contribution in [3.05, 3.63) is 24.3 Å². The molecule has 1 aliphatic rings. The van der Waals surface area contributed by atoms with Crippen LogP contribution < -0.4 is 22.5 Å². The maximum absolute atomic E-state index is 12.2. The van der Waals surface area contributed by atoms with Gasteiger partial charge in [0.05, 0.1) is 27.2 Å². The van der Waals surface area contributed by atoms with Crippen LogP contribution in [0.25, 0.3) is 0 Å². The highest BCUT2D eigenvalue weighted by atomic mass is 35.5. The van der Waals surface area contributed by atoms with Gasteiger partial charge < -0.3 is 26.9 Å². The summed E-state index contributed by atoms with van der Waals surface area (Å²) in [5.74, 6) is 0.822. The molecule has 0 spiro atoms. The summed E-state index contributed by atoms with van der Waals surface area (Å²) in [6.45, 7) is 0.516. The van der Waals surface area contributed by atoms with E-state index in [1.54, 1.807) is 7.11 Å². The van der Waals surface area contributed by atoms with Gasteiger partial charge in [-0.05, 0) is 37.8 Å². The maximum atomic E-state index is 12.2. The van der Waals surface area contributed by atoms with Crippen LogP contribution in [0.2, 0.25) is 0 Å². The third-order valence-electron chi connectivity index (χ3n) is 4.22. The summed E-state index contributed by atoms with van der Waals surface area (Å²) in [5.41, 5.74) is 0.792. The molecular formula is C16H25ClN2O2. The molecule has 2 rings (SSSR count). The fourth-order valence-electron chi connectivity index (χ4n) is 3.00. The number of halogens is 1. The summed E-state index contributed by atoms with van der Waals surface area (Å²) in [6, 6.07) is 8.09. The van der Waals surface area contributed by atoms with E-state index >= 15 is 0 Å². The Balaban J connectivity index is 0.00000220. The normalized spacial score (nSPS) is 15.4. The van der Waals surface area contributed by atoms with Crippen molar-refractivity contribution >= 4 is 11.6 Å². The van der Waals surface area contributed by atoms with Gasteiger partial charge in [0.2, 0.25) is 0 Å². The molecule has 1 aromatic rings. The number of amides is 1. The Bertz CT molecular complexity index is 471. The number of quaternary nitrogens is 1. The Hall–Kier alpha value is -1.26. The number of nitrogens with zero attached hydrogens (tertiary/aromatic N) is 1. The van der Waals surface area contributed by atoms with Crippen LogP contribution in [0.1, 0.15) is 25.7 Å². The van der Waals surface area contributed by atoms with Gasteiger partial charge in [-0.1, -0.05) is 6.07 Å². The highest BCUT2D eigenvalue weighted by molar-refractivity contribution is 5.91. The predicted octanol–water partition coefficient (Wildman–Crippen LogP) is -0.343. The van der Waals surface area contributed by atoms with Crippen molar-refractivity contribution < 1.29 is 26.4 Å². The number of carbonyl (C=O) groups is 1. The second kappa shape index (κ2) is 7.66. The Kier molecular flexibility index (Phi) is 6.49. The van der Waals surface area contributed by atoms with Crippen molar-refractivity contribution in [2.75, 3.05) is 33.1 Å². The van der Waals surface area contributed by atoms with E-state index in [0.29, 0.717) is 12.6 Å². The molecule has 5 heteroatoms. The lowest BCUT2D eigenvalue weighted by atomic mass is 10.2. The van der Waals surface area contributed by atoms with Crippen LogP contribution in [0.4, 0.5) is 5.69 Å². The summed E-state index contributed by atoms with van der Waals surface area (Å²) < 4.78 is 5.94. The lowest BCUT2D eigenvalue weighted by molar-refractivity contribution is -0.906. The first-order valence-corrected chi connectivity index (χ1v) is 7.28. The second-order valence-corrected chi connectivity index (χ2v) is 6.16. The first kappa shape index (κ1) is 17.8. The van der Waals surface area contributed by atoms with E-state index < -0.39 is 0 Å². The van der Waals surface area contributed by atoms with Crippen LogP contribution in [0.5, 0.6) is 5.75 Å². The van der Waals surface area contributed by atoms with Gasteiger partial charge >= 0.3 is 0 Å². The van der Waals surface area contributed by atoms with E-state index in [9.17, 15) is 4.79 Å². The minimum Gasteiger partial charge on any atom is -1.00 e. The molecule has 0 aromatic heterocycles. The van der Waals surface area contributed by atoms with Crippen molar-refractivity contribution in [2.24, 2.45) is 0 Å². The summed E-state index contributed by atoms with van der Waals surface area (Å²) in [4.78, 5) is 12.2. The van der Waals surface area contributed by atoms with E-state index in [0.717, 1.165) is 15.9 Å². The molecule has 0 bridgehead atoms. The van der Waals surface area contributed by atoms with Crippen LogP contribution in [-0.4, -0.2) is 44.2 Å². The Morgan fingerprint density at radius 2 is 2.00 bits per heavy atom. The number of ether oxygens (including phenoxy) is 1. The number of likely N-dealkylation sites (N-methyl/N-ethyl adjacent to an activating group) is 1. The van der Waals surface area contributed by atoms with Crippen LogP contribution in [0.3, 0.4) is 0 Å². The van der Waals surface area contributed by atoms with E-state index in [1.165, 1.54) is 25.7 Å². The molecule has 4 nitrogen and oxygen atoms in total. The molecule has 1 aromatic carbocycles. The fourth-order valence-corrected chi connectivity index (χ4v) is 3.00. The molecule has 1 aliphatic carbocycles. The zero-order chi connectivity index (χ0) is 14.6. The van der Waals surface area contributed by atoms with E-state index in [4.69, 9.17) is 4.74 Å². The summed E-state index contributed by atoms with van der Waals surface area (Å²) >= 11 is 0. The molecular weight excluding hydrogens is 288 g/mol.